The summed E-state index contributed by atoms with van der Waals surface area (Å²) in [6.45, 7) is 0.983. The van der Waals surface area contributed by atoms with Gasteiger partial charge < -0.3 is 10.0 Å². The van der Waals surface area contributed by atoms with Crippen LogP contribution in [-0.4, -0.2) is 60.3 Å². The van der Waals surface area contributed by atoms with E-state index in [1.165, 1.54) is 9.21 Å². The third-order valence-corrected chi connectivity index (χ3v) is 7.91. The first kappa shape index (κ1) is 17.4. The van der Waals surface area contributed by atoms with Crippen molar-refractivity contribution in [2.45, 2.75) is 35.9 Å². The van der Waals surface area contributed by atoms with Gasteiger partial charge in [0.2, 0.25) is 5.91 Å². The summed E-state index contributed by atoms with van der Waals surface area (Å²) < 4.78 is 27.0. The van der Waals surface area contributed by atoms with Gasteiger partial charge in [0.05, 0.1) is 5.92 Å². The molecule has 0 aliphatic carbocycles. The molecule has 2 aliphatic heterocycles. The lowest BCUT2D eigenvalue weighted by Gasteiger charge is -2.34. The predicted molar refractivity (Wildman–Crippen MR) is 88.2 cm³/mol. The van der Waals surface area contributed by atoms with Gasteiger partial charge in [-0.1, -0.05) is 6.07 Å². The normalized spacial score (nSPS) is 25.8. The van der Waals surface area contributed by atoms with Crippen molar-refractivity contribution in [3.05, 3.63) is 17.5 Å². The minimum atomic E-state index is -3.67. The molecule has 2 fully saturated rings. The zero-order valence-corrected chi connectivity index (χ0v) is 14.8. The largest absolute Gasteiger partial charge is 0.481 e. The molecule has 2 saturated heterocycles. The number of sulfonamides is 1. The Morgan fingerprint density at radius 3 is 2.62 bits per heavy atom. The summed E-state index contributed by atoms with van der Waals surface area (Å²) in [6, 6.07) is 2.50. The van der Waals surface area contributed by atoms with Crippen molar-refractivity contribution in [3.8, 4) is 0 Å². The molecule has 0 spiro atoms. The third kappa shape index (κ3) is 3.20. The second kappa shape index (κ2) is 6.81. The fourth-order valence-corrected chi connectivity index (χ4v) is 6.16. The number of hydrogen-bond donors (Lipinski definition) is 1. The number of aliphatic carboxylic acids is 1. The molecule has 1 N–H and O–H groups in total. The second-order valence-corrected chi connectivity index (χ2v) is 9.23. The van der Waals surface area contributed by atoms with E-state index in [0.29, 0.717) is 38.8 Å². The highest BCUT2D eigenvalue weighted by Gasteiger charge is 2.42. The highest BCUT2D eigenvalue weighted by Crippen LogP contribution is 2.30. The lowest BCUT2D eigenvalue weighted by Crippen LogP contribution is -2.51. The number of piperidine rings is 1. The van der Waals surface area contributed by atoms with Crippen LogP contribution in [0.5, 0.6) is 0 Å². The summed E-state index contributed by atoms with van der Waals surface area (Å²) in [5.41, 5.74) is 0. The van der Waals surface area contributed by atoms with Crippen LogP contribution < -0.4 is 0 Å². The number of carboxylic acids is 1. The number of amides is 1. The number of thiophene rings is 1. The summed E-state index contributed by atoms with van der Waals surface area (Å²) in [4.78, 5) is 25.5. The van der Waals surface area contributed by atoms with Crippen molar-refractivity contribution in [1.82, 2.24) is 9.21 Å². The first-order valence-corrected chi connectivity index (χ1v) is 10.3. The van der Waals surface area contributed by atoms with Gasteiger partial charge in [-0.05, 0) is 37.1 Å². The molecule has 1 aromatic rings. The average Bonchev–Trinajstić information content (AvgIpc) is 3.26. The molecule has 7 nitrogen and oxygen atoms in total. The van der Waals surface area contributed by atoms with Crippen LogP contribution in [0, 0.1) is 5.92 Å². The van der Waals surface area contributed by atoms with E-state index in [-0.39, 0.29) is 16.7 Å². The summed E-state index contributed by atoms with van der Waals surface area (Å²) in [6.07, 6.45) is 2.31. The molecular formula is C15H20N2O5S2. The molecule has 1 amide bonds. The van der Waals surface area contributed by atoms with Crippen LogP contribution in [0.25, 0.3) is 0 Å². The average molecular weight is 372 g/mol. The predicted octanol–water partition coefficient (Wildman–Crippen LogP) is 1.22. The van der Waals surface area contributed by atoms with Gasteiger partial charge in [-0.15, -0.1) is 11.3 Å². The van der Waals surface area contributed by atoms with Crippen LogP contribution in [0.3, 0.4) is 0 Å². The van der Waals surface area contributed by atoms with Crippen molar-refractivity contribution in [1.29, 1.82) is 0 Å². The maximum absolute atomic E-state index is 12.8. The molecule has 0 saturated carbocycles. The molecule has 2 atom stereocenters. The molecule has 2 unspecified atom stereocenters. The van der Waals surface area contributed by atoms with Crippen molar-refractivity contribution in [2.24, 2.45) is 5.92 Å². The number of rotatable bonds is 4. The van der Waals surface area contributed by atoms with Crippen LogP contribution >= 0.6 is 11.3 Å². The van der Waals surface area contributed by atoms with E-state index in [9.17, 15) is 18.0 Å². The summed E-state index contributed by atoms with van der Waals surface area (Å²) in [7, 11) is -3.67. The maximum Gasteiger partial charge on any atom is 0.308 e. The zero-order valence-electron chi connectivity index (χ0n) is 13.1. The molecule has 24 heavy (non-hydrogen) atoms. The maximum atomic E-state index is 12.8. The van der Waals surface area contributed by atoms with Gasteiger partial charge in [0.15, 0.2) is 0 Å². The van der Waals surface area contributed by atoms with Crippen molar-refractivity contribution in [2.75, 3.05) is 19.6 Å². The highest BCUT2D eigenvalue weighted by atomic mass is 32.2. The van der Waals surface area contributed by atoms with Gasteiger partial charge >= 0.3 is 5.97 Å². The number of carbonyl (C=O) groups is 2. The molecule has 3 rings (SSSR count). The number of carboxylic acid groups (broad SMARTS) is 1. The van der Waals surface area contributed by atoms with Gasteiger partial charge in [-0.2, -0.15) is 4.31 Å². The van der Waals surface area contributed by atoms with E-state index in [2.05, 4.69) is 0 Å². The molecule has 2 aliphatic rings. The van der Waals surface area contributed by atoms with E-state index in [4.69, 9.17) is 5.11 Å². The Labute approximate surface area is 144 Å². The molecule has 9 heteroatoms. The van der Waals surface area contributed by atoms with Crippen LogP contribution in [0.15, 0.2) is 21.7 Å². The van der Waals surface area contributed by atoms with Crippen molar-refractivity contribution in [3.63, 3.8) is 0 Å². The Balaban J connectivity index is 1.78. The monoisotopic (exact) mass is 372 g/mol. The standard InChI is InChI=1S/C15H20N2O5S2/c18-14(16-7-1-4-11(10-16)15(19)20)12-5-2-8-17(12)24(21,22)13-6-3-9-23-13/h3,6,9,11-12H,1-2,4-5,7-8,10H2,(H,19,20). The molecule has 0 aromatic carbocycles. The van der Waals surface area contributed by atoms with Crippen LogP contribution in [0.1, 0.15) is 25.7 Å². The first-order chi connectivity index (χ1) is 11.4. The Morgan fingerprint density at radius 1 is 1.21 bits per heavy atom. The Hall–Kier alpha value is -1.45. The number of carbonyl (C=O) groups excluding carboxylic acids is 1. The lowest BCUT2D eigenvalue weighted by atomic mass is 9.97. The van der Waals surface area contributed by atoms with E-state index < -0.39 is 28.0 Å². The van der Waals surface area contributed by atoms with Crippen LogP contribution in [0.2, 0.25) is 0 Å². The number of likely N-dealkylation sites (tertiary alicyclic amines) is 1. The molecule has 3 heterocycles. The summed E-state index contributed by atoms with van der Waals surface area (Å²) in [5, 5.41) is 10.9. The number of hydrogen-bond acceptors (Lipinski definition) is 5. The third-order valence-electron chi connectivity index (χ3n) is 4.63. The van der Waals surface area contributed by atoms with Gasteiger partial charge in [-0.3, -0.25) is 9.59 Å². The van der Waals surface area contributed by atoms with E-state index in [1.54, 1.807) is 17.5 Å². The Morgan fingerprint density at radius 2 is 1.96 bits per heavy atom. The van der Waals surface area contributed by atoms with Crippen LogP contribution in [0.4, 0.5) is 0 Å². The van der Waals surface area contributed by atoms with Crippen LogP contribution in [-0.2, 0) is 19.6 Å². The zero-order chi connectivity index (χ0) is 17.3. The van der Waals surface area contributed by atoms with E-state index >= 15 is 0 Å². The Kier molecular flexibility index (Phi) is 4.93. The first-order valence-electron chi connectivity index (χ1n) is 7.98. The second-order valence-electron chi connectivity index (χ2n) is 6.17. The fourth-order valence-electron chi connectivity index (χ4n) is 3.39. The molecule has 0 bridgehead atoms. The minimum Gasteiger partial charge on any atom is -0.481 e. The minimum absolute atomic E-state index is 0.164. The van der Waals surface area contributed by atoms with E-state index in [1.807, 2.05) is 0 Å². The van der Waals surface area contributed by atoms with Gasteiger partial charge in [0.1, 0.15) is 10.3 Å². The van der Waals surface area contributed by atoms with Gasteiger partial charge in [-0.25, -0.2) is 8.42 Å². The van der Waals surface area contributed by atoms with E-state index in [0.717, 1.165) is 11.3 Å². The van der Waals surface area contributed by atoms with Crippen molar-refractivity contribution < 1.29 is 23.1 Å². The smallest absolute Gasteiger partial charge is 0.308 e. The molecular weight excluding hydrogens is 352 g/mol. The lowest BCUT2D eigenvalue weighted by molar-refractivity contribution is -0.146. The quantitative estimate of drug-likeness (QED) is 0.858. The SMILES string of the molecule is O=C(O)C1CCCN(C(=O)C2CCCN2S(=O)(=O)c2cccs2)C1. The van der Waals surface area contributed by atoms with Crippen molar-refractivity contribution >= 4 is 33.2 Å². The molecule has 132 valence electrons. The Bertz CT molecular complexity index is 716. The number of nitrogens with zero attached hydrogens (tertiary/aromatic N) is 2. The summed E-state index contributed by atoms with van der Waals surface area (Å²) in [5.74, 6) is -1.73. The van der Waals surface area contributed by atoms with Gasteiger partial charge in [0, 0.05) is 19.6 Å². The highest BCUT2D eigenvalue weighted by molar-refractivity contribution is 7.91. The fraction of sp³-hybridized carbons (Fsp3) is 0.600. The topological polar surface area (TPSA) is 95.0 Å². The molecule has 0 radical (unpaired) electrons. The summed E-state index contributed by atoms with van der Waals surface area (Å²) >= 11 is 1.14. The molecule has 1 aromatic heterocycles. The van der Waals surface area contributed by atoms with Gasteiger partial charge in [0.25, 0.3) is 10.0 Å².